The van der Waals surface area contributed by atoms with E-state index >= 15 is 0 Å². The maximum atomic E-state index is 6.56. The minimum atomic E-state index is -0.299. The second kappa shape index (κ2) is 26.9. The molecule has 0 aliphatic heterocycles. The molecule has 0 aromatic heterocycles. The lowest BCUT2D eigenvalue weighted by Crippen LogP contribution is -2.27. The third-order valence-electron chi connectivity index (χ3n) is 7.20. The summed E-state index contributed by atoms with van der Waals surface area (Å²) in [5.74, 6) is 0. The molecule has 0 aliphatic carbocycles. The van der Waals surface area contributed by atoms with E-state index in [2.05, 4.69) is 111 Å². The van der Waals surface area contributed by atoms with Crippen LogP contribution in [0.25, 0.3) is 0 Å². The van der Waals surface area contributed by atoms with Crippen molar-refractivity contribution in [1.29, 1.82) is 0 Å². The molecule has 2 aromatic carbocycles. The fourth-order valence-corrected chi connectivity index (χ4v) is 4.57. The second-order valence-corrected chi connectivity index (χ2v) is 11.2. The molecule has 0 N–H and O–H groups in total. The Kier molecular flexibility index (Phi) is 22.8. The Morgan fingerprint density at radius 3 is 1.23 bits per heavy atom. The zero-order valence-corrected chi connectivity index (χ0v) is 27.1. The number of unbranched alkanes of at least 4 members (excludes halogenated alkanes) is 8. The number of ether oxygens (including phenoxy) is 3. The number of allylic oxidation sites excluding steroid dienone is 8. The van der Waals surface area contributed by atoms with Crippen LogP contribution in [-0.2, 0) is 27.4 Å². The molecule has 0 saturated heterocycles. The molecular formula is C40H58O3. The quantitative estimate of drug-likeness (QED) is 0.0623. The Hall–Kier alpha value is -2.72. The molecule has 2 rings (SSSR count). The molecule has 0 fully saturated rings. The van der Waals surface area contributed by atoms with E-state index in [1.54, 1.807) is 0 Å². The Bertz CT molecular complexity index is 911. The van der Waals surface area contributed by atoms with Crippen LogP contribution in [0.5, 0.6) is 0 Å². The highest BCUT2D eigenvalue weighted by Gasteiger charge is 2.18. The van der Waals surface area contributed by atoms with Gasteiger partial charge in [0.1, 0.15) is 0 Å². The molecule has 2 aromatic rings. The van der Waals surface area contributed by atoms with E-state index in [0.717, 1.165) is 62.5 Å². The SMILES string of the molecule is CCCC/C=C\C=C\CCCCC(OCc1ccccc1)OC(CCCC/C=C/C=C\CCCC)OCc1ccccc1. The predicted molar refractivity (Wildman–Crippen MR) is 184 cm³/mol. The van der Waals surface area contributed by atoms with Gasteiger partial charge >= 0.3 is 0 Å². The summed E-state index contributed by atoms with van der Waals surface area (Å²) in [5.41, 5.74) is 2.32. The first kappa shape index (κ1) is 36.5. The first-order valence-electron chi connectivity index (χ1n) is 16.9. The van der Waals surface area contributed by atoms with E-state index < -0.39 is 0 Å². The number of hydrogen-bond acceptors (Lipinski definition) is 3. The average molecular weight is 587 g/mol. The summed E-state index contributed by atoms with van der Waals surface area (Å²) in [6.45, 7) is 5.54. The monoisotopic (exact) mass is 586 g/mol. The largest absolute Gasteiger partial charge is 0.348 e. The highest BCUT2D eigenvalue weighted by molar-refractivity contribution is 5.14. The van der Waals surface area contributed by atoms with Gasteiger partial charge in [0.05, 0.1) is 13.2 Å². The lowest BCUT2D eigenvalue weighted by molar-refractivity contribution is -0.256. The van der Waals surface area contributed by atoms with Gasteiger partial charge in [-0.1, -0.05) is 149 Å². The lowest BCUT2D eigenvalue weighted by atomic mass is 10.1. The van der Waals surface area contributed by atoms with E-state index in [-0.39, 0.29) is 12.6 Å². The lowest BCUT2D eigenvalue weighted by Gasteiger charge is -2.25. The zero-order chi connectivity index (χ0) is 30.5. The van der Waals surface area contributed by atoms with E-state index in [1.165, 1.54) is 38.5 Å². The Morgan fingerprint density at radius 2 is 0.860 bits per heavy atom. The van der Waals surface area contributed by atoms with E-state index in [0.29, 0.717) is 13.2 Å². The summed E-state index contributed by atoms with van der Waals surface area (Å²) in [5, 5.41) is 0. The van der Waals surface area contributed by atoms with Crippen LogP contribution >= 0.6 is 0 Å². The third-order valence-corrected chi connectivity index (χ3v) is 7.20. The van der Waals surface area contributed by atoms with Gasteiger partial charge in [0.15, 0.2) is 12.6 Å². The molecule has 2 atom stereocenters. The normalized spacial score (nSPS) is 13.6. The van der Waals surface area contributed by atoms with Crippen LogP contribution in [0.15, 0.2) is 109 Å². The molecule has 0 spiro atoms. The average Bonchev–Trinajstić information content (AvgIpc) is 3.04. The van der Waals surface area contributed by atoms with Crippen molar-refractivity contribution in [3.8, 4) is 0 Å². The maximum Gasteiger partial charge on any atom is 0.161 e. The van der Waals surface area contributed by atoms with Gasteiger partial charge in [-0.3, -0.25) is 0 Å². The fourth-order valence-electron chi connectivity index (χ4n) is 4.57. The van der Waals surface area contributed by atoms with Crippen LogP contribution in [0.1, 0.15) is 115 Å². The molecule has 0 amide bonds. The Morgan fingerprint density at radius 1 is 0.488 bits per heavy atom. The van der Waals surface area contributed by atoms with Gasteiger partial charge < -0.3 is 14.2 Å². The molecule has 2 unspecified atom stereocenters. The highest BCUT2D eigenvalue weighted by atomic mass is 16.8. The van der Waals surface area contributed by atoms with Crippen LogP contribution in [0, 0.1) is 0 Å². The van der Waals surface area contributed by atoms with E-state index in [1.807, 2.05) is 12.1 Å². The fraction of sp³-hybridized carbons (Fsp3) is 0.500. The van der Waals surface area contributed by atoms with Crippen molar-refractivity contribution >= 4 is 0 Å². The van der Waals surface area contributed by atoms with Crippen LogP contribution in [-0.4, -0.2) is 12.6 Å². The molecule has 0 bridgehead atoms. The minimum Gasteiger partial charge on any atom is -0.348 e. The molecule has 43 heavy (non-hydrogen) atoms. The first-order valence-corrected chi connectivity index (χ1v) is 16.9. The van der Waals surface area contributed by atoms with E-state index in [9.17, 15) is 0 Å². The van der Waals surface area contributed by atoms with Gasteiger partial charge in [0, 0.05) is 0 Å². The van der Waals surface area contributed by atoms with Gasteiger partial charge in [-0.2, -0.15) is 0 Å². The molecule has 3 nitrogen and oxygen atoms in total. The van der Waals surface area contributed by atoms with Crippen molar-refractivity contribution in [3.05, 3.63) is 120 Å². The molecule has 0 aliphatic rings. The second-order valence-electron chi connectivity index (χ2n) is 11.2. The molecule has 0 heterocycles. The number of rotatable bonds is 26. The van der Waals surface area contributed by atoms with Crippen molar-refractivity contribution in [3.63, 3.8) is 0 Å². The minimum absolute atomic E-state index is 0.299. The van der Waals surface area contributed by atoms with Crippen molar-refractivity contribution in [2.75, 3.05) is 0 Å². The molecule has 236 valence electrons. The van der Waals surface area contributed by atoms with Crippen molar-refractivity contribution in [2.24, 2.45) is 0 Å². The Balaban J connectivity index is 1.89. The molecular weight excluding hydrogens is 528 g/mol. The van der Waals surface area contributed by atoms with Gasteiger partial charge in [0.25, 0.3) is 0 Å². The van der Waals surface area contributed by atoms with Crippen molar-refractivity contribution in [1.82, 2.24) is 0 Å². The topological polar surface area (TPSA) is 27.7 Å². The smallest absolute Gasteiger partial charge is 0.161 e. The zero-order valence-electron chi connectivity index (χ0n) is 27.1. The van der Waals surface area contributed by atoms with Crippen molar-refractivity contribution < 1.29 is 14.2 Å². The number of benzene rings is 2. The summed E-state index contributed by atoms with van der Waals surface area (Å²) in [4.78, 5) is 0. The highest BCUT2D eigenvalue weighted by Crippen LogP contribution is 2.19. The Labute approximate surface area is 263 Å². The standard InChI is InChI=1S/C40H58O3/c1-3-5-7-9-11-13-15-17-19-27-33-39(41-35-37-29-23-21-24-30-37)43-40(42-36-38-31-25-22-26-32-38)34-28-20-18-16-14-12-10-8-6-4-2/h9-16,21-26,29-32,39-40H,3-8,17-20,27-28,33-36H2,1-2H3/b11-9-,12-10-,15-13+,16-14+. The first-order chi connectivity index (χ1) is 21.3. The van der Waals surface area contributed by atoms with Crippen LogP contribution in [0.4, 0.5) is 0 Å². The summed E-state index contributed by atoms with van der Waals surface area (Å²) < 4.78 is 19.2. The van der Waals surface area contributed by atoms with Crippen molar-refractivity contribution in [2.45, 2.75) is 130 Å². The number of hydrogen-bond donors (Lipinski definition) is 0. The summed E-state index contributed by atoms with van der Waals surface area (Å²) in [7, 11) is 0. The molecule has 0 radical (unpaired) electrons. The molecule has 0 saturated carbocycles. The van der Waals surface area contributed by atoms with Crippen LogP contribution < -0.4 is 0 Å². The van der Waals surface area contributed by atoms with E-state index in [4.69, 9.17) is 14.2 Å². The molecule has 3 heteroatoms. The predicted octanol–water partition coefficient (Wildman–Crippen LogP) is 11.8. The third kappa shape index (κ3) is 20.8. The maximum absolute atomic E-state index is 6.56. The van der Waals surface area contributed by atoms with Gasteiger partial charge in [-0.25, -0.2) is 0 Å². The summed E-state index contributed by atoms with van der Waals surface area (Å²) >= 11 is 0. The summed E-state index contributed by atoms with van der Waals surface area (Å²) in [6.07, 6.45) is 32.7. The van der Waals surface area contributed by atoms with Crippen LogP contribution in [0.3, 0.4) is 0 Å². The van der Waals surface area contributed by atoms with Gasteiger partial charge in [-0.15, -0.1) is 0 Å². The van der Waals surface area contributed by atoms with Gasteiger partial charge in [0.2, 0.25) is 0 Å². The van der Waals surface area contributed by atoms with Gasteiger partial charge in [-0.05, 0) is 75.3 Å². The summed E-state index contributed by atoms with van der Waals surface area (Å²) in [6, 6.07) is 20.7. The van der Waals surface area contributed by atoms with Crippen LogP contribution in [0.2, 0.25) is 0 Å².